The van der Waals surface area contributed by atoms with E-state index in [1.807, 2.05) is 19.1 Å². The maximum atomic E-state index is 11.8. The Bertz CT molecular complexity index is 642. The summed E-state index contributed by atoms with van der Waals surface area (Å²) in [6.07, 6.45) is 1.66. The minimum absolute atomic E-state index is 0.0238. The number of aromatic hydroxyl groups is 1. The van der Waals surface area contributed by atoms with E-state index in [1.165, 1.54) is 17.4 Å². The van der Waals surface area contributed by atoms with E-state index in [0.717, 1.165) is 22.6 Å². The molecule has 1 heterocycles. The quantitative estimate of drug-likeness (QED) is 0.749. The molecule has 0 aliphatic heterocycles. The second-order valence-corrected chi connectivity index (χ2v) is 6.53. The number of phenolic OH excluding ortho intramolecular Hbond substituents is 1. The summed E-state index contributed by atoms with van der Waals surface area (Å²) < 4.78 is 5.53. The normalized spacial score (nSPS) is 10.5. The number of amides is 1. The number of carbonyl (C=O) groups excluding carboxylic acids is 1. The van der Waals surface area contributed by atoms with Crippen LogP contribution in [0.15, 0.2) is 30.3 Å². The van der Waals surface area contributed by atoms with Gasteiger partial charge in [-0.05, 0) is 44.0 Å². The van der Waals surface area contributed by atoms with Crippen molar-refractivity contribution >= 4 is 28.8 Å². The lowest BCUT2D eigenvalue weighted by Gasteiger charge is -2.07. The van der Waals surface area contributed by atoms with Crippen molar-refractivity contribution < 1.29 is 14.6 Å². The molecule has 6 heteroatoms. The van der Waals surface area contributed by atoms with E-state index in [9.17, 15) is 9.90 Å². The lowest BCUT2D eigenvalue weighted by atomic mass is 10.3. The number of phenols is 1. The molecule has 1 aromatic carbocycles. The highest BCUT2D eigenvalue weighted by molar-refractivity contribution is 7.13. The van der Waals surface area contributed by atoms with E-state index in [2.05, 4.69) is 5.32 Å². The van der Waals surface area contributed by atoms with Crippen LogP contribution in [-0.4, -0.2) is 24.2 Å². The van der Waals surface area contributed by atoms with Gasteiger partial charge < -0.3 is 15.2 Å². The summed E-state index contributed by atoms with van der Waals surface area (Å²) in [5, 5.41) is 12.5. The third-order valence-corrected chi connectivity index (χ3v) is 4.31. The van der Waals surface area contributed by atoms with Gasteiger partial charge >= 0.3 is 0 Å². The molecule has 0 atom stereocenters. The number of hydrogen-bond donors (Lipinski definition) is 2. The van der Waals surface area contributed by atoms with Gasteiger partial charge in [0, 0.05) is 17.5 Å². The predicted octanol–water partition coefficient (Wildman–Crippen LogP) is 4.00. The molecule has 0 bridgehead atoms. The molecule has 4 nitrogen and oxygen atoms in total. The Labute approximate surface area is 138 Å². The van der Waals surface area contributed by atoms with Crippen molar-refractivity contribution in [1.29, 1.82) is 0 Å². The number of ether oxygens (including phenoxy) is 1. The van der Waals surface area contributed by atoms with Crippen LogP contribution in [-0.2, 0) is 0 Å². The molecular formula is C16H18ClNO3S. The Morgan fingerprint density at radius 3 is 2.82 bits per heavy atom. The van der Waals surface area contributed by atoms with Crippen LogP contribution in [0.4, 0.5) is 0 Å². The number of benzene rings is 1. The van der Waals surface area contributed by atoms with Crippen LogP contribution < -0.4 is 10.1 Å². The Morgan fingerprint density at radius 2 is 2.14 bits per heavy atom. The summed E-state index contributed by atoms with van der Waals surface area (Å²) in [7, 11) is 0. The first-order valence-corrected chi connectivity index (χ1v) is 8.21. The Kier molecular flexibility index (Phi) is 6.10. The first-order chi connectivity index (χ1) is 10.6. The van der Waals surface area contributed by atoms with Crippen LogP contribution in [0.2, 0.25) is 5.02 Å². The van der Waals surface area contributed by atoms with Crippen LogP contribution in [0.5, 0.6) is 11.5 Å². The lowest BCUT2D eigenvalue weighted by molar-refractivity contribution is 0.0956. The van der Waals surface area contributed by atoms with Gasteiger partial charge in [0.25, 0.3) is 5.91 Å². The third kappa shape index (κ3) is 4.93. The van der Waals surface area contributed by atoms with Crippen molar-refractivity contribution in [2.75, 3.05) is 13.2 Å². The number of thiophene rings is 1. The summed E-state index contributed by atoms with van der Waals surface area (Å²) >= 11 is 7.29. The second-order valence-electron chi connectivity index (χ2n) is 4.83. The number of unbranched alkanes of at least 4 members (excludes halogenated alkanes) is 1. The van der Waals surface area contributed by atoms with Crippen LogP contribution >= 0.6 is 22.9 Å². The number of aryl methyl sites for hydroxylation is 1. The molecule has 0 unspecified atom stereocenters. The van der Waals surface area contributed by atoms with Gasteiger partial charge in [-0.15, -0.1) is 11.3 Å². The molecular weight excluding hydrogens is 322 g/mol. The molecule has 0 aliphatic rings. The third-order valence-electron chi connectivity index (χ3n) is 3.01. The molecule has 118 valence electrons. The Hall–Kier alpha value is -1.72. The Balaban J connectivity index is 1.61. The van der Waals surface area contributed by atoms with Gasteiger partial charge in [0.1, 0.15) is 11.5 Å². The smallest absolute Gasteiger partial charge is 0.261 e. The number of carbonyl (C=O) groups is 1. The molecule has 0 saturated heterocycles. The number of halogens is 1. The summed E-state index contributed by atoms with van der Waals surface area (Å²) in [4.78, 5) is 13.7. The zero-order chi connectivity index (χ0) is 15.9. The van der Waals surface area contributed by atoms with E-state index in [-0.39, 0.29) is 16.7 Å². The molecule has 0 saturated carbocycles. The number of hydrogen-bond acceptors (Lipinski definition) is 4. The van der Waals surface area contributed by atoms with Crippen LogP contribution in [0.1, 0.15) is 27.4 Å². The highest BCUT2D eigenvalue weighted by Crippen LogP contribution is 2.27. The van der Waals surface area contributed by atoms with Gasteiger partial charge in [0.05, 0.1) is 16.5 Å². The minimum Gasteiger partial charge on any atom is -0.506 e. The molecule has 0 aliphatic carbocycles. The molecule has 0 radical (unpaired) electrons. The maximum absolute atomic E-state index is 11.8. The highest BCUT2D eigenvalue weighted by Gasteiger charge is 2.06. The first kappa shape index (κ1) is 16.6. The van der Waals surface area contributed by atoms with Gasteiger partial charge in [0.2, 0.25) is 0 Å². The second kappa shape index (κ2) is 8.06. The molecule has 2 aromatic rings. The van der Waals surface area contributed by atoms with Gasteiger partial charge in [0.15, 0.2) is 0 Å². The van der Waals surface area contributed by atoms with Gasteiger partial charge in [-0.3, -0.25) is 4.79 Å². The van der Waals surface area contributed by atoms with Crippen molar-refractivity contribution in [3.63, 3.8) is 0 Å². The summed E-state index contributed by atoms with van der Waals surface area (Å²) in [5.41, 5.74) is 0. The fraction of sp³-hybridized carbons (Fsp3) is 0.312. The number of rotatable bonds is 7. The fourth-order valence-corrected chi connectivity index (χ4v) is 2.79. The van der Waals surface area contributed by atoms with Crippen molar-refractivity contribution in [3.05, 3.63) is 45.1 Å². The standard InChI is InChI=1S/C16H18ClNO3S/c1-11-4-7-15(22-11)16(20)18-8-2-3-9-21-12-5-6-14(19)13(17)10-12/h4-7,10,19H,2-3,8-9H2,1H3,(H,18,20). The maximum Gasteiger partial charge on any atom is 0.261 e. The topological polar surface area (TPSA) is 58.6 Å². The minimum atomic E-state index is -0.0238. The van der Waals surface area contributed by atoms with E-state index >= 15 is 0 Å². The van der Waals surface area contributed by atoms with Gasteiger partial charge in [-0.1, -0.05) is 11.6 Å². The Morgan fingerprint density at radius 1 is 1.32 bits per heavy atom. The van der Waals surface area contributed by atoms with Crippen molar-refractivity contribution in [2.24, 2.45) is 0 Å². The van der Waals surface area contributed by atoms with E-state index in [4.69, 9.17) is 16.3 Å². The van der Waals surface area contributed by atoms with Crippen molar-refractivity contribution in [1.82, 2.24) is 5.32 Å². The van der Waals surface area contributed by atoms with Crippen molar-refractivity contribution in [3.8, 4) is 11.5 Å². The van der Waals surface area contributed by atoms with Gasteiger partial charge in [-0.25, -0.2) is 0 Å². The molecule has 0 fully saturated rings. The SMILES string of the molecule is Cc1ccc(C(=O)NCCCCOc2ccc(O)c(Cl)c2)s1. The van der Waals surface area contributed by atoms with E-state index < -0.39 is 0 Å². The summed E-state index contributed by atoms with van der Waals surface area (Å²) in [6, 6.07) is 8.53. The van der Waals surface area contributed by atoms with Crippen LogP contribution in [0.25, 0.3) is 0 Å². The molecule has 22 heavy (non-hydrogen) atoms. The summed E-state index contributed by atoms with van der Waals surface area (Å²) in [6.45, 7) is 3.14. The fourth-order valence-electron chi connectivity index (χ4n) is 1.84. The van der Waals surface area contributed by atoms with Crippen molar-refractivity contribution in [2.45, 2.75) is 19.8 Å². The van der Waals surface area contributed by atoms with Gasteiger partial charge in [-0.2, -0.15) is 0 Å². The van der Waals surface area contributed by atoms with Crippen LogP contribution in [0.3, 0.4) is 0 Å². The van der Waals surface area contributed by atoms with E-state index in [0.29, 0.717) is 18.9 Å². The summed E-state index contributed by atoms with van der Waals surface area (Å²) in [5.74, 6) is 0.644. The highest BCUT2D eigenvalue weighted by atomic mass is 35.5. The zero-order valence-corrected chi connectivity index (χ0v) is 13.8. The molecule has 2 rings (SSSR count). The molecule has 1 aromatic heterocycles. The monoisotopic (exact) mass is 339 g/mol. The average molecular weight is 340 g/mol. The molecule has 1 amide bonds. The zero-order valence-electron chi connectivity index (χ0n) is 12.3. The number of nitrogens with one attached hydrogen (secondary N) is 1. The first-order valence-electron chi connectivity index (χ1n) is 7.02. The molecule has 0 spiro atoms. The van der Waals surface area contributed by atoms with E-state index in [1.54, 1.807) is 12.1 Å². The predicted molar refractivity (Wildman–Crippen MR) is 89.2 cm³/mol. The van der Waals surface area contributed by atoms with Crippen LogP contribution in [0, 0.1) is 6.92 Å². The average Bonchev–Trinajstić information content (AvgIpc) is 2.93. The largest absolute Gasteiger partial charge is 0.506 e. The lowest BCUT2D eigenvalue weighted by Crippen LogP contribution is -2.23. The molecule has 2 N–H and O–H groups in total.